The molecule has 0 aliphatic rings. The van der Waals surface area contributed by atoms with Gasteiger partial charge in [-0.05, 0) is 31.0 Å². The summed E-state index contributed by atoms with van der Waals surface area (Å²) in [4.78, 5) is 0. The van der Waals surface area contributed by atoms with Gasteiger partial charge in [0.25, 0.3) is 0 Å². The lowest BCUT2D eigenvalue weighted by atomic mass is 10.1. The number of phenolic OH excluding ortho intramolecular Hbond substituents is 1. The molecule has 1 rings (SSSR count). The molecule has 0 aliphatic heterocycles. The number of aromatic hydroxyl groups is 1. The number of aryl methyl sites for hydroxylation is 2. The Labute approximate surface area is 75.2 Å². The highest BCUT2D eigenvalue weighted by atomic mass is 79.9. The maximum absolute atomic E-state index is 9.39. The van der Waals surface area contributed by atoms with Gasteiger partial charge in [0.1, 0.15) is 5.75 Å². The van der Waals surface area contributed by atoms with Crippen molar-refractivity contribution in [3.05, 3.63) is 28.8 Å². The molecule has 11 heavy (non-hydrogen) atoms. The van der Waals surface area contributed by atoms with Crippen LogP contribution >= 0.6 is 15.9 Å². The first-order valence-corrected chi connectivity index (χ1v) is 4.62. The first-order valence-electron chi connectivity index (χ1n) is 3.50. The number of hydrogen-bond donors (Lipinski definition) is 1. The Morgan fingerprint density at radius 1 is 1.27 bits per heavy atom. The Morgan fingerprint density at radius 2 is 1.82 bits per heavy atom. The van der Waals surface area contributed by atoms with Gasteiger partial charge in [-0.2, -0.15) is 0 Å². The molecule has 1 nitrogen and oxygen atoms in total. The summed E-state index contributed by atoms with van der Waals surface area (Å²) < 4.78 is 0. The molecule has 1 aromatic carbocycles. The van der Waals surface area contributed by atoms with E-state index in [1.54, 1.807) is 6.07 Å². The van der Waals surface area contributed by atoms with Crippen LogP contribution in [-0.4, -0.2) is 5.11 Å². The van der Waals surface area contributed by atoms with Gasteiger partial charge in [0.15, 0.2) is 0 Å². The van der Waals surface area contributed by atoms with Crippen LogP contribution in [0.5, 0.6) is 5.75 Å². The molecule has 0 aromatic heterocycles. The van der Waals surface area contributed by atoms with E-state index in [4.69, 9.17) is 0 Å². The molecule has 0 saturated carbocycles. The van der Waals surface area contributed by atoms with Gasteiger partial charge in [0.2, 0.25) is 0 Å². The summed E-state index contributed by atoms with van der Waals surface area (Å²) in [7, 11) is 0. The van der Waals surface area contributed by atoms with Crippen molar-refractivity contribution in [2.24, 2.45) is 0 Å². The zero-order chi connectivity index (χ0) is 8.43. The standard InChI is InChI=1S/C9H11BrO/c1-6-3-8(5-10)9(11)4-7(6)2/h3-4,11H,5H2,1-2H3. The maximum atomic E-state index is 9.39. The fourth-order valence-corrected chi connectivity index (χ4v) is 1.42. The largest absolute Gasteiger partial charge is 0.508 e. The van der Waals surface area contributed by atoms with E-state index in [1.807, 2.05) is 19.9 Å². The molecular formula is C9H11BrO. The Hall–Kier alpha value is -0.500. The van der Waals surface area contributed by atoms with Gasteiger partial charge >= 0.3 is 0 Å². The van der Waals surface area contributed by atoms with Crippen molar-refractivity contribution in [2.75, 3.05) is 0 Å². The minimum absolute atomic E-state index is 0.380. The van der Waals surface area contributed by atoms with Gasteiger partial charge < -0.3 is 5.11 Å². The molecule has 60 valence electrons. The fourth-order valence-electron chi connectivity index (χ4n) is 0.968. The van der Waals surface area contributed by atoms with Crippen LogP contribution in [0.25, 0.3) is 0 Å². The quantitative estimate of drug-likeness (QED) is 0.714. The third kappa shape index (κ3) is 1.74. The summed E-state index contributed by atoms with van der Waals surface area (Å²) in [5.41, 5.74) is 3.30. The summed E-state index contributed by atoms with van der Waals surface area (Å²) in [5.74, 6) is 0.380. The lowest BCUT2D eigenvalue weighted by Gasteiger charge is -2.04. The topological polar surface area (TPSA) is 20.2 Å². The molecule has 0 radical (unpaired) electrons. The minimum Gasteiger partial charge on any atom is -0.508 e. The number of phenols is 1. The SMILES string of the molecule is Cc1cc(O)c(CBr)cc1C. The Kier molecular flexibility index (Phi) is 2.55. The molecule has 0 saturated heterocycles. The van der Waals surface area contributed by atoms with E-state index >= 15 is 0 Å². The predicted molar refractivity (Wildman–Crippen MR) is 50.2 cm³/mol. The maximum Gasteiger partial charge on any atom is 0.119 e. The molecule has 0 atom stereocenters. The number of benzene rings is 1. The zero-order valence-corrected chi connectivity index (χ0v) is 8.27. The molecule has 1 N–H and O–H groups in total. The van der Waals surface area contributed by atoms with Crippen molar-refractivity contribution in [1.82, 2.24) is 0 Å². The van der Waals surface area contributed by atoms with Crippen LogP contribution in [0.2, 0.25) is 0 Å². The molecule has 0 spiro atoms. The molecule has 0 bridgehead atoms. The normalized spacial score (nSPS) is 10.1. The van der Waals surface area contributed by atoms with Crippen molar-refractivity contribution in [1.29, 1.82) is 0 Å². The lowest BCUT2D eigenvalue weighted by Crippen LogP contribution is -1.85. The number of halogens is 1. The number of rotatable bonds is 1. The average Bonchev–Trinajstić information content (AvgIpc) is 1.97. The van der Waals surface area contributed by atoms with E-state index in [9.17, 15) is 5.11 Å². The van der Waals surface area contributed by atoms with Gasteiger partial charge in [0, 0.05) is 10.9 Å². The van der Waals surface area contributed by atoms with Crippen molar-refractivity contribution < 1.29 is 5.11 Å². The van der Waals surface area contributed by atoms with Gasteiger partial charge in [-0.25, -0.2) is 0 Å². The molecule has 0 unspecified atom stereocenters. The van der Waals surface area contributed by atoms with Crippen molar-refractivity contribution >= 4 is 15.9 Å². The first-order chi connectivity index (χ1) is 5.15. The Balaban J connectivity index is 3.21. The molecular weight excluding hydrogens is 204 g/mol. The van der Waals surface area contributed by atoms with E-state index in [0.29, 0.717) is 11.1 Å². The second-order valence-electron chi connectivity index (χ2n) is 2.70. The highest BCUT2D eigenvalue weighted by molar-refractivity contribution is 9.08. The first kappa shape index (κ1) is 8.60. The van der Waals surface area contributed by atoms with Gasteiger partial charge in [-0.15, -0.1) is 0 Å². The van der Waals surface area contributed by atoms with Gasteiger partial charge in [0.05, 0.1) is 0 Å². The lowest BCUT2D eigenvalue weighted by molar-refractivity contribution is 0.470. The number of alkyl halides is 1. The summed E-state index contributed by atoms with van der Waals surface area (Å²) in [6, 6.07) is 3.80. The summed E-state index contributed by atoms with van der Waals surface area (Å²) in [6.07, 6.45) is 0. The number of hydrogen-bond acceptors (Lipinski definition) is 1. The van der Waals surface area contributed by atoms with Crippen LogP contribution in [0.15, 0.2) is 12.1 Å². The highest BCUT2D eigenvalue weighted by Gasteiger charge is 2.01. The zero-order valence-electron chi connectivity index (χ0n) is 6.69. The van der Waals surface area contributed by atoms with Crippen LogP contribution in [0, 0.1) is 13.8 Å². The van der Waals surface area contributed by atoms with E-state index in [1.165, 1.54) is 5.56 Å². The van der Waals surface area contributed by atoms with Crippen molar-refractivity contribution in [2.45, 2.75) is 19.2 Å². The van der Waals surface area contributed by atoms with E-state index in [2.05, 4.69) is 15.9 Å². The van der Waals surface area contributed by atoms with E-state index in [-0.39, 0.29) is 0 Å². The summed E-state index contributed by atoms with van der Waals surface area (Å²) >= 11 is 3.31. The van der Waals surface area contributed by atoms with Gasteiger partial charge in [-0.3, -0.25) is 0 Å². The summed E-state index contributed by atoms with van der Waals surface area (Å²) in [5, 5.41) is 10.1. The van der Waals surface area contributed by atoms with Crippen LogP contribution in [0.4, 0.5) is 0 Å². The van der Waals surface area contributed by atoms with Crippen LogP contribution in [0.3, 0.4) is 0 Å². The van der Waals surface area contributed by atoms with E-state index < -0.39 is 0 Å². The second kappa shape index (κ2) is 3.26. The molecule has 0 aliphatic carbocycles. The predicted octanol–water partition coefficient (Wildman–Crippen LogP) is 2.90. The van der Waals surface area contributed by atoms with Crippen LogP contribution in [0.1, 0.15) is 16.7 Å². The minimum atomic E-state index is 0.380. The summed E-state index contributed by atoms with van der Waals surface area (Å²) in [6.45, 7) is 4.04. The third-order valence-electron chi connectivity index (χ3n) is 1.84. The third-order valence-corrected chi connectivity index (χ3v) is 2.44. The molecule has 0 fully saturated rings. The molecule has 1 aromatic rings. The van der Waals surface area contributed by atoms with Crippen molar-refractivity contribution in [3.8, 4) is 5.75 Å². The molecule has 0 amide bonds. The molecule has 2 heteroatoms. The Morgan fingerprint density at radius 3 is 2.36 bits per heavy atom. The highest BCUT2D eigenvalue weighted by Crippen LogP contribution is 2.23. The average molecular weight is 215 g/mol. The smallest absolute Gasteiger partial charge is 0.119 e. The van der Waals surface area contributed by atoms with Crippen LogP contribution < -0.4 is 0 Å². The van der Waals surface area contributed by atoms with E-state index in [0.717, 1.165) is 11.1 Å². The van der Waals surface area contributed by atoms with Crippen molar-refractivity contribution in [3.63, 3.8) is 0 Å². The fraction of sp³-hybridized carbons (Fsp3) is 0.333. The van der Waals surface area contributed by atoms with Crippen LogP contribution in [-0.2, 0) is 5.33 Å². The van der Waals surface area contributed by atoms with Gasteiger partial charge in [-0.1, -0.05) is 22.0 Å². The second-order valence-corrected chi connectivity index (χ2v) is 3.26. The molecule has 0 heterocycles. The Bertz CT molecular complexity index is 269. The monoisotopic (exact) mass is 214 g/mol.